The van der Waals surface area contributed by atoms with Crippen LogP contribution in [0.4, 0.5) is 14.5 Å². The Morgan fingerprint density at radius 2 is 1.72 bits per heavy atom. The van der Waals surface area contributed by atoms with Crippen molar-refractivity contribution in [3.05, 3.63) is 63.6 Å². The molecule has 2 rings (SSSR count). The molecule has 0 radical (unpaired) electrons. The van der Waals surface area contributed by atoms with Crippen LogP contribution in [0.1, 0.15) is 5.56 Å². The molecule has 0 amide bonds. The molecule has 2 aromatic rings. The van der Waals surface area contributed by atoms with E-state index in [1.165, 1.54) is 24.3 Å². The van der Waals surface area contributed by atoms with Gasteiger partial charge in [-0.2, -0.15) is 0 Å². The zero-order chi connectivity index (χ0) is 13.1. The van der Waals surface area contributed by atoms with Gasteiger partial charge in [-0.15, -0.1) is 0 Å². The molecule has 0 fully saturated rings. The molecule has 18 heavy (non-hydrogen) atoms. The van der Waals surface area contributed by atoms with Crippen molar-refractivity contribution in [2.24, 2.45) is 0 Å². The Labute approximate surface area is 113 Å². The van der Waals surface area contributed by atoms with Crippen molar-refractivity contribution < 1.29 is 8.78 Å². The molecule has 0 aliphatic rings. The Balaban J connectivity index is 2.09. The number of hydrogen-bond acceptors (Lipinski definition) is 1. The second-order valence-corrected chi connectivity index (χ2v) is 4.56. The maximum Gasteiger partial charge on any atom is 0.141 e. The van der Waals surface area contributed by atoms with Crippen molar-refractivity contribution in [2.75, 3.05) is 5.32 Å². The summed E-state index contributed by atoms with van der Waals surface area (Å²) in [7, 11) is 0. The fourth-order valence-electron chi connectivity index (χ4n) is 1.47. The first-order valence-electron chi connectivity index (χ1n) is 5.19. The number of hydrogen-bond donors (Lipinski definition) is 1. The van der Waals surface area contributed by atoms with Gasteiger partial charge in [0.2, 0.25) is 0 Å². The lowest BCUT2D eigenvalue weighted by Gasteiger charge is -2.08. The second-order valence-electron chi connectivity index (χ2n) is 3.72. The van der Waals surface area contributed by atoms with Crippen LogP contribution in [0.3, 0.4) is 0 Å². The van der Waals surface area contributed by atoms with Gasteiger partial charge in [0.1, 0.15) is 11.6 Å². The van der Waals surface area contributed by atoms with Gasteiger partial charge in [-0.3, -0.25) is 0 Å². The monoisotopic (exact) mass is 287 g/mol. The number of nitrogens with one attached hydrogen (secondary N) is 1. The van der Waals surface area contributed by atoms with E-state index in [4.69, 9.17) is 23.2 Å². The standard InChI is InChI=1S/C13H9Cl2F2N/c14-9-2-1-8(13(17)5-9)7-18-10-3-4-12(16)11(15)6-10/h1-6,18H,7H2. The molecule has 0 unspecified atom stereocenters. The van der Waals surface area contributed by atoms with Crippen molar-refractivity contribution in [3.63, 3.8) is 0 Å². The van der Waals surface area contributed by atoms with E-state index in [1.54, 1.807) is 12.1 Å². The molecule has 0 aliphatic carbocycles. The Bertz CT molecular complexity index is 573. The molecule has 0 aliphatic heterocycles. The highest BCUT2D eigenvalue weighted by molar-refractivity contribution is 6.31. The SMILES string of the molecule is Fc1ccc(NCc2ccc(Cl)cc2F)cc1Cl. The van der Waals surface area contributed by atoms with Crippen LogP contribution >= 0.6 is 23.2 Å². The first-order chi connectivity index (χ1) is 8.56. The zero-order valence-corrected chi connectivity index (χ0v) is 10.7. The van der Waals surface area contributed by atoms with Crippen LogP contribution in [0.25, 0.3) is 0 Å². The molecule has 0 atom stereocenters. The lowest BCUT2D eigenvalue weighted by molar-refractivity contribution is 0.613. The maximum absolute atomic E-state index is 13.5. The molecule has 0 heterocycles. The quantitative estimate of drug-likeness (QED) is 0.848. The summed E-state index contributed by atoms with van der Waals surface area (Å²) in [5, 5.41) is 3.33. The van der Waals surface area contributed by atoms with Gasteiger partial charge in [-0.25, -0.2) is 8.78 Å². The third-order valence-electron chi connectivity index (χ3n) is 2.42. The van der Waals surface area contributed by atoms with Gasteiger partial charge < -0.3 is 5.32 Å². The summed E-state index contributed by atoms with van der Waals surface area (Å²) in [6, 6.07) is 8.69. The van der Waals surface area contributed by atoms with E-state index < -0.39 is 5.82 Å². The molecule has 1 nitrogen and oxygen atoms in total. The Morgan fingerprint density at radius 1 is 0.944 bits per heavy atom. The molecule has 94 valence electrons. The minimum atomic E-state index is -0.486. The normalized spacial score (nSPS) is 10.4. The van der Waals surface area contributed by atoms with Crippen molar-refractivity contribution in [1.29, 1.82) is 0 Å². The van der Waals surface area contributed by atoms with Crippen LogP contribution in [-0.4, -0.2) is 0 Å². The maximum atomic E-state index is 13.5. The van der Waals surface area contributed by atoms with Crippen LogP contribution in [0, 0.1) is 11.6 Å². The second kappa shape index (κ2) is 5.55. The summed E-state index contributed by atoms with van der Waals surface area (Å²) in [6.07, 6.45) is 0. The van der Waals surface area contributed by atoms with Crippen molar-refractivity contribution in [3.8, 4) is 0 Å². The predicted molar refractivity (Wildman–Crippen MR) is 70.1 cm³/mol. The third kappa shape index (κ3) is 3.12. The summed E-state index contributed by atoms with van der Waals surface area (Å²) in [4.78, 5) is 0. The zero-order valence-electron chi connectivity index (χ0n) is 9.18. The lowest BCUT2D eigenvalue weighted by Crippen LogP contribution is -2.01. The molecular weight excluding hydrogens is 279 g/mol. The van der Waals surface area contributed by atoms with Gasteiger partial charge in [0.25, 0.3) is 0 Å². The van der Waals surface area contributed by atoms with Crippen molar-refractivity contribution in [2.45, 2.75) is 6.54 Å². The summed E-state index contributed by atoms with van der Waals surface area (Å²) in [5.41, 5.74) is 1.09. The van der Waals surface area contributed by atoms with Crippen LogP contribution < -0.4 is 5.32 Å². The van der Waals surface area contributed by atoms with Crippen molar-refractivity contribution in [1.82, 2.24) is 0 Å². The average molecular weight is 288 g/mol. The highest BCUT2D eigenvalue weighted by atomic mass is 35.5. The fraction of sp³-hybridized carbons (Fsp3) is 0.0769. The van der Waals surface area contributed by atoms with Crippen LogP contribution in [0.5, 0.6) is 0 Å². The van der Waals surface area contributed by atoms with Crippen LogP contribution in [-0.2, 0) is 6.54 Å². The Hall–Kier alpha value is -1.32. The van der Waals surface area contributed by atoms with Crippen LogP contribution in [0.2, 0.25) is 10.0 Å². The predicted octanol–water partition coefficient (Wildman–Crippen LogP) is 4.88. The summed E-state index contributed by atoms with van der Waals surface area (Å²) < 4.78 is 26.4. The fourth-order valence-corrected chi connectivity index (χ4v) is 1.81. The summed E-state index contributed by atoms with van der Waals surface area (Å²) >= 11 is 11.3. The van der Waals surface area contributed by atoms with E-state index in [0.717, 1.165) is 0 Å². The molecular formula is C13H9Cl2F2N. The van der Waals surface area contributed by atoms with E-state index in [1.807, 2.05) is 0 Å². The van der Waals surface area contributed by atoms with E-state index in [2.05, 4.69) is 5.32 Å². The topological polar surface area (TPSA) is 12.0 Å². The molecule has 0 bridgehead atoms. The first-order valence-corrected chi connectivity index (χ1v) is 5.95. The minimum Gasteiger partial charge on any atom is -0.381 e. The molecule has 0 spiro atoms. The van der Waals surface area contributed by atoms with Gasteiger partial charge in [-0.05, 0) is 30.3 Å². The van der Waals surface area contributed by atoms with E-state index in [9.17, 15) is 8.78 Å². The molecule has 0 saturated heterocycles. The summed E-state index contributed by atoms with van der Waals surface area (Å²) in [5.74, 6) is -0.872. The van der Waals surface area contributed by atoms with Gasteiger partial charge in [0.15, 0.2) is 0 Å². The highest BCUT2D eigenvalue weighted by Crippen LogP contribution is 2.21. The smallest absolute Gasteiger partial charge is 0.141 e. The van der Waals surface area contributed by atoms with E-state index >= 15 is 0 Å². The van der Waals surface area contributed by atoms with Gasteiger partial charge in [0.05, 0.1) is 5.02 Å². The van der Waals surface area contributed by atoms with E-state index in [0.29, 0.717) is 16.3 Å². The molecule has 0 aromatic heterocycles. The number of benzene rings is 2. The largest absolute Gasteiger partial charge is 0.381 e. The van der Waals surface area contributed by atoms with Crippen molar-refractivity contribution >= 4 is 28.9 Å². The molecule has 1 N–H and O–H groups in total. The van der Waals surface area contributed by atoms with Gasteiger partial charge in [-0.1, -0.05) is 29.3 Å². The van der Waals surface area contributed by atoms with Crippen LogP contribution in [0.15, 0.2) is 36.4 Å². The Kier molecular flexibility index (Phi) is 4.04. The first kappa shape index (κ1) is 13.1. The molecule has 2 aromatic carbocycles. The minimum absolute atomic E-state index is 0.0246. The number of rotatable bonds is 3. The molecule has 5 heteroatoms. The average Bonchev–Trinajstić information content (AvgIpc) is 2.32. The highest BCUT2D eigenvalue weighted by Gasteiger charge is 2.04. The van der Waals surface area contributed by atoms with E-state index in [-0.39, 0.29) is 17.4 Å². The molecule has 0 saturated carbocycles. The lowest BCUT2D eigenvalue weighted by atomic mass is 10.2. The Morgan fingerprint density at radius 3 is 2.39 bits per heavy atom. The number of anilines is 1. The summed E-state index contributed by atoms with van der Waals surface area (Å²) in [6.45, 7) is 0.269. The van der Waals surface area contributed by atoms with Gasteiger partial charge >= 0.3 is 0 Å². The third-order valence-corrected chi connectivity index (χ3v) is 2.94. The number of halogens is 4. The van der Waals surface area contributed by atoms with Gasteiger partial charge in [0, 0.05) is 22.8 Å².